The van der Waals surface area contributed by atoms with Gasteiger partial charge in [-0.25, -0.2) is 0 Å². The summed E-state index contributed by atoms with van der Waals surface area (Å²) in [6.07, 6.45) is 1.98. The predicted octanol–water partition coefficient (Wildman–Crippen LogP) is 5.28. The number of carbonyl (C=O) groups is 1. The van der Waals surface area contributed by atoms with Crippen LogP contribution >= 0.6 is 22.6 Å². The largest absolute Gasteiger partial charge is 0.347 e. The molecule has 4 rings (SSSR count). The van der Waals surface area contributed by atoms with Crippen molar-refractivity contribution in [2.45, 2.75) is 28.2 Å². The summed E-state index contributed by atoms with van der Waals surface area (Å²) in [5, 5.41) is 6.98. The maximum absolute atomic E-state index is 13.3. The number of benzene rings is 3. The van der Waals surface area contributed by atoms with Crippen molar-refractivity contribution in [2.75, 3.05) is 13.1 Å². The van der Waals surface area contributed by atoms with Crippen LogP contribution in [0.3, 0.4) is 0 Å². The van der Waals surface area contributed by atoms with Crippen molar-refractivity contribution in [3.8, 4) is 0 Å². The number of alkyl halides is 1. The van der Waals surface area contributed by atoms with Crippen LogP contribution < -0.4 is 10.6 Å². The molecule has 0 radical (unpaired) electrons. The number of rotatable bonds is 6. The molecule has 0 bridgehead atoms. The molecule has 3 nitrogen and oxygen atoms in total. The number of amides is 1. The van der Waals surface area contributed by atoms with E-state index in [1.54, 1.807) is 0 Å². The van der Waals surface area contributed by atoms with Crippen LogP contribution in [0.1, 0.15) is 38.3 Å². The number of halogens is 1. The fraction of sp³-hybridized carbons (Fsp3) is 0.269. The molecule has 0 spiro atoms. The first kappa shape index (κ1) is 21.1. The van der Waals surface area contributed by atoms with E-state index in [4.69, 9.17) is 0 Å². The van der Waals surface area contributed by atoms with Crippen LogP contribution in [0.15, 0.2) is 91.0 Å². The van der Waals surface area contributed by atoms with Crippen molar-refractivity contribution in [3.63, 3.8) is 0 Å². The maximum atomic E-state index is 13.3. The third kappa shape index (κ3) is 4.44. The molecule has 1 aliphatic heterocycles. The van der Waals surface area contributed by atoms with Gasteiger partial charge in [0, 0.05) is 11.0 Å². The minimum absolute atomic E-state index is 0.00737. The lowest BCUT2D eigenvalue weighted by Crippen LogP contribution is -2.56. The zero-order valence-electron chi connectivity index (χ0n) is 16.9. The molecule has 1 aliphatic rings. The molecule has 0 aliphatic carbocycles. The number of hydrogen-bond donors (Lipinski definition) is 2. The molecule has 30 heavy (non-hydrogen) atoms. The summed E-state index contributed by atoms with van der Waals surface area (Å²) in [6, 6.07) is 30.8. The van der Waals surface area contributed by atoms with Crippen molar-refractivity contribution in [2.24, 2.45) is 0 Å². The van der Waals surface area contributed by atoms with Crippen LogP contribution in [0.25, 0.3) is 0 Å². The molecule has 2 N–H and O–H groups in total. The molecular weight excluding hydrogens is 483 g/mol. The molecule has 4 heteroatoms. The first-order chi connectivity index (χ1) is 14.7. The summed E-state index contributed by atoms with van der Waals surface area (Å²) in [7, 11) is 0. The fourth-order valence-electron chi connectivity index (χ4n) is 4.56. The average molecular weight is 510 g/mol. The summed E-state index contributed by atoms with van der Waals surface area (Å²) in [4.78, 5) is 13.3. The SMILES string of the molecule is O=C(NC(C(I)c1ccccc1)C1(c2ccccc2)CCNCC1)c1ccccc1. The van der Waals surface area contributed by atoms with E-state index in [1.807, 2.05) is 36.4 Å². The second-order valence-corrected chi connectivity index (χ2v) is 9.24. The van der Waals surface area contributed by atoms with Gasteiger partial charge in [-0.3, -0.25) is 4.79 Å². The Morgan fingerprint density at radius 1 is 0.833 bits per heavy atom. The fourth-order valence-corrected chi connectivity index (χ4v) is 5.84. The van der Waals surface area contributed by atoms with E-state index < -0.39 is 0 Å². The minimum atomic E-state index is -0.126. The van der Waals surface area contributed by atoms with Crippen molar-refractivity contribution in [1.82, 2.24) is 10.6 Å². The van der Waals surface area contributed by atoms with Gasteiger partial charge in [0.2, 0.25) is 0 Å². The molecule has 1 amide bonds. The van der Waals surface area contributed by atoms with Crippen molar-refractivity contribution in [1.29, 1.82) is 0 Å². The number of carbonyl (C=O) groups excluding carboxylic acids is 1. The Kier molecular flexibility index (Phi) is 6.85. The minimum Gasteiger partial charge on any atom is -0.347 e. The van der Waals surface area contributed by atoms with Crippen LogP contribution in [-0.4, -0.2) is 25.0 Å². The zero-order chi connectivity index (χ0) is 20.8. The second kappa shape index (κ2) is 9.75. The molecule has 3 aromatic carbocycles. The molecule has 2 atom stereocenters. The van der Waals surface area contributed by atoms with Crippen molar-refractivity contribution < 1.29 is 4.79 Å². The van der Waals surface area contributed by atoms with Crippen LogP contribution in [0, 0.1) is 0 Å². The first-order valence-corrected chi connectivity index (χ1v) is 11.8. The van der Waals surface area contributed by atoms with Gasteiger partial charge >= 0.3 is 0 Å². The monoisotopic (exact) mass is 510 g/mol. The summed E-state index contributed by atoms with van der Waals surface area (Å²) in [5.74, 6) is -0.00737. The molecule has 1 fully saturated rings. The lowest BCUT2D eigenvalue weighted by Gasteiger charge is -2.46. The Hall–Kier alpha value is -2.18. The Balaban J connectivity index is 1.77. The Bertz CT molecular complexity index is 941. The van der Waals surface area contributed by atoms with E-state index in [0.29, 0.717) is 5.56 Å². The summed E-state index contributed by atoms with van der Waals surface area (Å²) in [6.45, 7) is 1.90. The number of piperidine rings is 1. The van der Waals surface area contributed by atoms with Gasteiger partial charge in [0.25, 0.3) is 5.91 Å². The highest BCUT2D eigenvalue weighted by Gasteiger charge is 2.45. The Labute approximate surface area is 192 Å². The van der Waals surface area contributed by atoms with Crippen LogP contribution in [0.4, 0.5) is 0 Å². The van der Waals surface area contributed by atoms with Gasteiger partial charge < -0.3 is 10.6 Å². The summed E-state index contributed by atoms with van der Waals surface area (Å²) >= 11 is 2.53. The second-order valence-electron chi connectivity index (χ2n) is 7.90. The lowest BCUT2D eigenvalue weighted by atomic mass is 9.66. The number of hydrogen-bond acceptors (Lipinski definition) is 2. The molecule has 0 saturated carbocycles. The van der Waals surface area contributed by atoms with Crippen LogP contribution in [0.2, 0.25) is 0 Å². The van der Waals surface area contributed by atoms with Gasteiger partial charge in [-0.2, -0.15) is 0 Å². The quantitative estimate of drug-likeness (QED) is 0.350. The highest BCUT2D eigenvalue weighted by molar-refractivity contribution is 14.1. The van der Waals surface area contributed by atoms with E-state index >= 15 is 0 Å². The maximum Gasteiger partial charge on any atom is 0.251 e. The van der Waals surface area contributed by atoms with Gasteiger partial charge in [0.05, 0.1) is 9.97 Å². The smallest absolute Gasteiger partial charge is 0.251 e. The molecule has 0 aromatic heterocycles. The topological polar surface area (TPSA) is 41.1 Å². The van der Waals surface area contributed by atoms with E-state index in [1.165, 1.54) is 11.1 Å². The Morgan fingerprint density at radius 3 is 1.97 bits per heavy atom. The van der Waals surface area contributed by atoms with E-state index in [-0.39, 0.29) is 21.3 Å². The average Bonchev–Trinajstić information content (AvgIpc) is 2.84. The zero-order valence-corrected chi connectivity index (χ0v) is 19.1. The molecule has 1 saturated heterocycles. The molecule has 1 heterocycles. The molecule has 154 valence electrons. The van der Waals surface area contributed by atoms with Crippen LogP contribution in [-0.2, 0) is 5.41 Å². The molecule has 3 aromatic rings. The summed E-state index contributed by atoms with van der Waals surface area (Å²) in [5.41, 5.74) is 3.13. The number of nitrogens with one attached hydrogen (secondary N) is 2. The van der Waals surface area contributed by atoms with Crippen molar-refractivity contribution >= 4 is 28.5 Å². The van der Waals surface area contributed by atoms with E-state index in [9.17, 15) is 4.79 Å². The lowest BCUT2D eigenvalue weighted by molar-refractivity contribution is 0.0898. The first-order valence-electron chi connectivity index (χ1n) is 10.5. The van der Waals surface area contributed by atoms with Crippen LogP contribution in [0.5, 0.6) is 0 Å². The van der Waals surface area contributed by atoms with E-state index in [2.05, 4.69) is 87.8 Å². The normalized spacial score (nSPS) is 17.6. The van der Waals surface area contributed by atoms with E-state index in [0.717, 1.165) is 25.9 Å². The third-order valence-corrected chi connectivity index (χ3v) is 7.61. The van der Waals surface area contributed by atoms with Gasteiger partial charge in [-0.15, -0.1) is 0 Å². The van der Waals surface area contributed by atoms with Crippen molar-refractivity contribution in [3.05, 3.63) is 108 Å². The Morgan fingerprint density at radius 2 is 1.37 bits per heavy atom. The predicted molar refractivity (Wildman–Crippen MR) is 131 cm³/mol. The highest BCUT2D eigenvalue weighted by atomic mass is 127. The summed E-state index contributed by atoms with van der Waals surface area (Å²) < 4.78 is 0.148. The van der Waals surface area contributed by atoms with Gasteiger partial charge in [-0.05, 0) is 49.2 Å². The molecular formula is C26H27IN2O. The highest BCUT2D eigenvalue weighted by Crippen LogP contribution is 2.44. The third-order valence-electron chi connectivity index (χ3n) is 6.17. The van der Waals surface area contributed by atoms with Gasteiger partial charge in [-0.1, -0.05) is 101 Å². The van der Waals surface area contributed by atoms with Gasteiger partial charge in [0.15, 0.2) is 0 Å². The van der Waals surface area contributed by atoms with Gasteiger partial charge in [0.1, 0.15) is 0 Å². The molecule has 2 unspecified atom stereocenters. The standard InChI is InChI=1S/C26H27IN2O/c27-23(20-10-4-1-5-11-20)24(29-25(30)21-12-6-2-7-13-21)26(16-18-28-19-17-26)22-14-8-3-9-15-22/h1-15,23-24,28H,16-19H2,(H,29,30).